The first kappa shape index (κ1) is 22.7. The normalized spacial score (nSPS) is 18.3. The van der Waals surface area contributed by atoms with Gasteiger partial charge in [-0.15, -0.1) is 24.0 Å². The Bertz CT molecular complexity index is 767. The third kappa shape index (κ3) is 5.47. The van der Waals surface area contributed by atoms with Gasteiger partial charge in [0.2, 0.25) is 0 Å². The molecule has 1 aliphatic heterocycles. The minimum atomic E-state index is 0. The summed E-state index contributed by atoms with van der Waals surface area (Å²) in [5.41, 5.74) is 3.93. The lowest BCUT2D eigenvalue weighted by Gasteiger charge is -2.28. The second-order valence-corrected chi connectivity index (χ2v) is 7.70. The van der Waals surface area contributed by atoms with E-state index in [1.807, 2.05) is 25.0 Å². The molecule has 0 saturated carbocycles. The number of halogens is 1. The predicted molar refractivity (Wildman–Crippen MR) is 127 cm³/mol. The molecule has 6 nitrogen and oxygen atoms in total. The van der Waals surface area contributed by atoms with Crippen molar-refractivity contribution in [1.29, 1.82) is 0 Å². The molecule has 1 aromatic carbocycles. The SMILES string of the molecule is CN=C(NCC(c1ccc(C)cc1)N(C)C)N1CCC(c2cnn(C)c2)C1.I. The van der Waals surface area contributed by atoms with E-state index < -0.39 is 0 Å². The fraction of sp³-hybridized carbons (Fsp3) is 0.524. The summed E-state index contributed by atoms with van der Waals surface area (Å²) in [6.45, 7) is 4.97. The second-order valence-electron chi connectivity index (χ2n) is 7.70. The molecule has 2 heterocycles. The van der Waals surface area contributed by atoms with Crippen LogP contribution in [0.5, 0.6) is 0 Å². The van der Waals surface area contributed by atoms with Crippen LogP contribution >= 0.6 is 24.0 Å². The zero-order chi connectivity index (χ0) is 19.4. The van der Waals surface area contributed by atoms with Gasteiger partial charge in [0, 0.05) is 45.8 Å². The molecule has 2 atom stereocenters. The van der Waals surface area contributed by atoms with Crippen LogP contribution in [0.2, 0.25) is 0 Å². The summed E-state index contributed by atoms with van der Waals surface area (Å²) in [5, 5.41) is 7.91. The highest BCUT2D eigenvalue weighted by Crippen LogP contribution is 2.27. The Kier molecular flexibility index (Phi) is 8.30. The van der Waals surface area contributed by atoms with Crippen molar-refractivity contribution in [2.45, 2.75) is 25.3 Å². The standard InChI is InChI=1S/C21H32N6.HI/c1-16-6-8-17(9-7-16)20(25(3)4)13-23-21(22-2)27-11-10-18(15-27)19-12-24-26(5)14-19;/h6-9,12,14,18,20H,10-11,13,15H2,1-5H3,(H,22,23);1H. The molecule has 0 spiro atoms. The van der Waals surface area contributed by atoms with E-state index >= 15 is 0 Å². The summed E-state index contributed by atoms with van der Waals surface area (Å²) in [6.07, 6.45) is 5.26. The van der Waals surface area contributed by atoms with E-state index in [9.17, 15) is 0 Å². The molecule has 1 N–H and O–H groups in total. The Labute approximate surface area is 186 Å². The number of aryl methyl sites for hydroxylation is 2. The number of guanidine groups is 1. The number of nitrogens with one attached hydrogen (secondary N) is 1. The molecule has 1 fully saturated rings. The van der Waals surface area contributed by atoms with Crippen molar-refractivity contribution in [3.8, 4) is 0 Å². The molecule has 0 bridgehead atoms. The van der Waals surface area contributed by atoms with Gasteiger partial charge in [0.25, 0.3) is 0 Å². The fourth-order valence-electron chi connectivity index (χ4n) is 3.78. The summed E-state index contributed by atoms with van der Waals surface area (Å²) < 4.78 is 1.88. The molecule has 28 heavy (non-hydrogen) atoms. The number of rotatable bonds is 5. The quantitative estimate of drug-likeness (QED) is 0.393. The maximum Gasteiger partial charge on any atom is 0.193 e. The number of hydrogen-bond donors (Lipinski definition) is 1. The van der Waals surface area contributed by atoms with Crippen LogP contribution in [0.25, 0.3) is 0 Å². The Hall–Kier alpha value is -1.61. The Morgan fingerprint density at radius 1 is 1.32 bits per heavy atom. The van der Waals surface area contributed by atoms with E-state index in [4.69, 9.17) is 0 Å². The molecule has 0 radical (unpaired) electrons. The van der Waals surface area contributed by atoms with Crippen LogP contribution in [0.1, 0.15) is 35.1 Å². The van der Waals surface area contributed by atoms with E-state index in [0.29, 0.717) is 12.0 Å². The Morgan fingerprint density at radius 2 is 2.04 bits per heavy atom. The van der Waals surface area contributed by atoms with Gasteiger partial charge in [0.05, 0.1) is 12.2 Å². The molecule has 154 valence electrons. The Morgan fingerprint density at radius 3 is 2.61 bits per heavy atom. The van der Waals surface area contributed by atoms with Crippen molar-refractivity contribution in [3.05, 3.63) is 53.3 Å². The van der Waals surface area contributed by atoms with Gasteiger partial charge in [-0.2, -0.15) is 5.10 Å². The number of likely N-dealkylation sites (N-methyl/N-ethyl adjacent to an activating group) is 1. The number of aromatic nitrogens is 2. The lowest BCUT2D eigenvalue weighted by atomic mass is 10.0. The summed E-state index contributed by atoms with van der Waals surface area (Å²) in [5.74, 6) is 1.51. The van der Waals surface area contributed by atoms with E-state index in [2.05, 4.69) is 76.7 Å². The number of likely N-dealkylation sites (tertiary alicyclic amines) is 1. The third-order valence-electron chi connectivity index (χ3n) is 5.43. The molecule has 1 aromatic heterocycles. The molecular formula is C21H33IN6. The average Bonchev–Trinajstić information content (AvgIpc) is 3.29. The molecule has 2 aromatic rings. The summed E-state index contributed by atoms with van der Waals surface area (Å²) in [6, 6.07) is 9.11. The minimum absolute atomic E-state index is 0. The van der Waals surface area contributed by atoms with Gasteiger partial charge in [-0.1, -0.05) is 29.8 Å². The Balaban J connectivity index is 0.00000280. The molecule has 7 heteroatoms. The molecule has 1 saturated heterocycles. The lowest BCUT2D eigenvalue weighted by Crippen LogP contribution is -2.43. The summed E-state index contributed by atoms with van der Waals surface area (Å²) in [7, 11) is 8.10. The van der Waals surface area contributed by atoms with Crippen LogP contribution in [0.4, 0.5) is 0 Å². The van der Waals surface area contributed by atoms with Crippen LogP contribution in [0, 0.1) is 6.92 Å². The highest BCUT2D eigenvalue weighted by atomic mass is 127. The van der Waals surface area contributed by atoms with E-state index in [-0.39, 0.29) is 24.0 Å². The van der Waals surface area contributed by atoms with Gasteiger partial charge in [0.1, 0.15) is 0 Å². The van der Waals surface area contributed by atoms with Gasteiger partial charge in [-0.3, -0.25) is 9.67 Å². The zero-order valence-corrected chi connectivity index (χ0v) is 19.9. The molecule has 2 unspecified atom stereocenters. The van der Waals surface area contributed by atoms with Crippen LogP contribution in [-0.4, -0.2) is 66.3 Å². The van der Waals surface area contributed by atoms with Crippen LogP contribution < -0.4 is 5.32 Å². The van der Waals surface area contributed by atoms with Gasteiger partial charge in [-0.25, -0.2) is 0 Å². The van der Waals surface area contributed by atoms with Gasteiger partial charge in [-0.05, 0) is 38.6 Å². The van der Waals surface area contributed by atoms with Crippen molar-refractivity contribution < 1.29 is 0 Å². The molecule has 3 rings (SSSR count). The highest BCUT2D eigenvalue weighted by Gasteiger charge is 2.27. The summed E-state index contributed by atoms with van der Waals surface area (Å²) in [4.78, 5) is 9.15. The predicted octanol–water partition coefficient (Wildman–Crippen LogP) is 3.01. The molecule has 1 aliphatic rings. The smallest absolute Gasteiger partial charge is 0.193 e. The number of nitrogens with zero attached hydrogens (tertiary/aromatic N) is 5. The zero-order valence-electron chi connectivity index (χ0n) is 17.6. The van der Waals surface area contributed by atoms with Crippen molar-refractivity contribution in [3.63, 3.8) is 0 Å². The van der Waals surface area contributed by atoms with Crippen molar-refractivity contribution in [1.82, 2.24) is 24.9 Å². The van der Waals surface area contributed by atoms with Crippen LogP contribution in [0.15, 0.2) is 41.7 Å². The van der Waals surface area contributed by atoms with Crippen molar-refractivity contribution >= 4 is 29.9 Å². The second kappa shape index (κ2) is 10.2. The molecule has 0 aliphatic carbocycles. The van der Waals surface area contributed by atoms with E-state index in [1.165, 1.54) is 16.7 Å². The third-order valence-corrected chi connectivity index (χ3v) is 5.43. The van der Waals surface area contributed by atoms with Crippen LogP contribution in [0.3, 0.4) is 0 Å². The highest BCUT2D eigenvalue weighted by molar-refractivity contribution is 14.0. The van der Waals surface area contributed by atoms with Crippen molar-refractivity contribution in [2.75, 3.05) is 40.8 Å². The number of aliphatic imine (C=N–C) groups is 1. The maximum atomic E-state index is 4.53. The van der Waals surface area contributed by atoms with Gasteiger partial charge >= 0.3 is 0 Å². The van der Waals surface area contributed by atoms with Gasteiger partial charge < -0.3 is 15.1 Å². The number of benzene rings is 1. The first-order valence-electron chi connectivity index (χ1n) is 9.65. The fourth-order valence-corrected chi connectivity index (χ4v) is 3.78. The van der Waals surface area contributed by atoms with Gasteiger partial charge in [0.15, 0.2) is 5.96 Å². The lowest BCUT2D eigenvalue weighted by molar-refractivity contribution is 0.295. The minimum Gasteiger partial charge on any atom is -0.354 e. The molecule has 0 amide bonds. The summed E-state index contributed by atoms with van der Waals surface area (Å²) >= 11 is 0. The molecular weight excluding hydrogens is 463 g/mol. The largest absolute Gasteiger partial charge is 0.354 e. The number of hydrogen-bond acceptors (Lipinski definition) is 3. The monoisotopic (exact) mass is 496 g/mol. The maximum absolute atomic E-state index is 4.53. The van der Waals surface area contributed by atoms with Crippen LogP contribution in [-0.2, 0) is 7.05 Å². The first-order valence-corrected chi connectivity index (χ1v) is 9.65. The topological polar surface area (TPSA) is 48.7 Å². The van der Waals surface area contributed by atoms with E-state index in [1.54, 1.807) is 0 Å². The first-order chi connectivity index (χ1) is 13.0. The average molecular weight is 496 g/mol. The van der Waals surface area contributed by atoms with E-state index in [0.717, 1.165) is 32.0 Å². The van der Waals surface area contributed by atoms with Crippen molar-refractivity contribution in [2.24, 2.45) is 12.0 Å².